The first-order valence-corrected chi connectivity index (χ1v) is 10.6. The molecule has 0 bridgehead atoms. The molecule has 2 aromatic rings. The molecular formula is C21H24FN3O4S. The summed E-state index contributed by atoms with van der Waals surface area (Å²) in [5, 5.41) is 13.4. The van der Waals surface area contributed by atoms with Crippen LogP contribution in [-0.2, 0) is 21.9 Å². The van der Waals surface area contributed by atoms with Crippen molar-refractivity contribution in [2.75, 3.05) is 12.3 Å². The fourth-order valence-electron chi connectivity index (χ4n) is 2.74. The van der Waals surface area contributed by atoms with Gasteiger partial charge in [-0.25, -0.2) is 4.39 Å². The number of carbonyl (C=O) groups is 2. The van der Waals surface area contributed by atoms with Gasteiger partial charge in [-0.15, -0.1) is 11.8 Å². The molecule has 1 atom stereocenters. The number of non-ortho nitro benzene ring substituents is 1. The molecule has 0 saturated heterocycles. The van der Waals surface area contributed by atoms with Crippen molar-refractivity contribution in [2.45, 2.75) is 32.2 Å². The summed E-state index contributed by atoms with van der Waals surface area (Å²) in [6.45, 7) is 4.11. The van der Waals surface area contributed by atoms with Gasteiger partial charge >= 0.3 is 0 Å². The van der Waals surface area contributed by atoms with Gasteiger partial charge in [0.2, 0.25) is 11.8 Å². The largest absolute Gasteiger partial charge is 0.355 e. The lowest BCUT2D eigenvalue weighted by Crippen LogP contribution is -2.48. The van der Waals surface area contributed by atoms with Crippen LogP contribution in [0, 0.1) is 15.9 Å². The van der Waals surface area contributed by atoms with E-state index in [1.807, 2.05) is 0 Å². The summed E-state index contributed by atoms with van der Waals surface area (Å²) in [5.74, 6) is -0.198. The van der Waals surface area contributed by atoms with E-state index >= 15 is 0 Å². The van der Waals surface area contributed by atoms with E-state index in [0.717, 1.165) is 11.1 Å². The summed E-state index contributed by atoms with van der Waals surface area (Å²) in [6, 6.07) is 11.3. The van der Waals surface area contributed by atoms with Crippen LogP contribution >= 0.6 is 11.8 Å². The smallest absolute Gasteiger partial charge is 0.269 e. The van der Waals surface area contributed by atoms with Crippen LogP contribution in [0.15, 0.2) is 48.5 Å². The Morgan fingerprint density at radius 1 is 1.13 bits per heavy atom. The van der Waals surface area contributed by atoms with Gasteiger partial charge in [0.25, 0.3) is 5.69 Å². The van der Waals surface area contributed by atoms with Gasteiger partial charge in [-0.3, -0.25) is 19.7 Å². The van der Waals surface area contributed by atoms with Crippen LogP contribution in [0.25, 0.3) is 0 Å². The van der Waals surface area contributed by atoms with Crippen molar-refractivity contribution in [3.8, 4) is 0 Å². The third-order valence-electron chi connectivity index (χ3n) is 4.43. The third-order valence-corrected chi connectivity index (χ3v) is 5.41. The third kappa shape index (κ3) is 6.84. The Hall–Kier alpha value is -2.94. The van der Waals surface area contributed by atoms with Crippen molar-refractivity contribution in [2.24, 2.45) is 0 Å². The van der Waals surface area contributed by atoms with Crippen LogP contribution in [0.1, 0.15) is 25.0 Å². The Kier molecular flexibility index (Phi) is 8.79. The Labute approximate surface area is 178 Å². The Morgan fingerprint density at radius 3 is 2.30 bits per heavy atom. The van der Waals surface area contributed by atoms with Gasteiger partial charge < -0.3 is 10.2 Å². The number of hydrogen-bond donors (Lipinski definition) is 1. The number of thioether (sulfide) groups is 1. The highest BCUT2D eigenvalue weighted by atomic mass is 32.2. The molecule has 1 N–H and O–H groups in total. The molecule has 2 aromatic carbocycles. The molecule has 7 nitrogen and oxygen atoms in total. The minimum absolute atomic E-state index is 0.0149. The minimum Gasteiger partial charge on any atom is -0.355 e. The van der Waals surface area contributed by atoms with E-state index in [1.54, 1.807) is 38.1 Å². The average Bonchev–Trinajstić information content (AvgIpc) is 2.73. The van der Waals surface area contributed by atoms with Crippen molar-refractivity contribution in [1.82, 2.24) is 10.2 Å². The number of hydrogen-bond acceptors (Lipinski definition) is 5. The van der Waals surface area contributed by atoms with Crippen molar-refractivity contribution < 1.29 is 18.9 Å². The second kappa shape index (κ2) is 11.3. The number of rotatable bonds is 10. The lowest BCUT2D eigenvalue weighted by atomic mass is 10.1. The Bertz CT molecular complexity index is 875. The number of amides is 2. The van der Waals surface area contributed by atoms with Crippen LogP contribution in [-0.4, -0.2) is 40.0 Å². The Morgan fingerprint density at radius 2 is 1.73 bits per heavy atom. The predicted octanol–water partition coefficient (Wildman–Crippen LogP) is 3.52. The van der Waals surface area contributed by atoms with Crippen molar-refractivity contribution >= 4 is 29.3 Å². The zero-order valence-corrected chi connectivity index (χ0v) is 17.7. The molecule has 0 aliphatic carbocycles. The summed E-state index contributed by atoms with van der Waals surface area (Å²) in [5.41, 5.74) is 1.60. The highest BCUT2D eigenvalue weighted by molar-refractivity contribution is 7.99. The SMILES string of the molecule is CCNC(=O)[C@H](C)N(Cc1ccc(F)cc1)C(=O)CSCc1ccc([N+](=O)[O-])cc1. The van der Waals surface area contributed by atoms with E-state index in [0.29, 0.717) is 12.3 Å². The average molecular weight is 434 g/mol. The molecule has 0 radical (unpaired) electrons. The number of nitrogens with one attached hydrogen (secondary N) is 1. The van der Waals surface area contributed by atoms with E-state index < -0.39 is 11.0 Å². The van der Waals surface area contributed by atoms with E-state index in [1.165, 1.54) is 40.9 Å². The molecule has 160 valence electrons. The molecule has 2 rings (SSSR count). The van der Waals surface area contributed by atoms with E-state index in [2.05, 4.69) is 5.32 Å². The van der Waals surface area contributed by atoms with Crippen LogP contribution in [0.2, 0.25) is 0 Å². The number of nitro groups is 1. The van der Waals surface area contributed by atoms with Gasteiger partial charge in [-0.2, -0.15) is 0 Å². The number of benzene rings is 2. The second-order valence-corrected chi connectivity index (χ2v) is 7.62. The van der Waals surface area contributed by atoms with Crippen molar-refractivity contribution in [1.29, 1.82) is 0 Å². The Balaban J connectivity index is 2.02. The van der Waals surface area contributed by atoms with Crippen LogP contribution in [0.5, 0.6) is 0 Å². The quantitative estimate of drug-likeness (QED) is 0.457. The first-order valence-electron chi connectivity index (χ1n) is 9.44. The second-order valence-electron chi connectivity index (χ2n) is 6.64. The van der Waals surface area contributed by atoms with Crippen molar-refractivity contribution in [3.63, 3.8) is 0 Å². The fourth-order valence-corrected chi connectivity index (χ4v) is 3.61. The normalized spacial score (nSPS) is 11.6. The molecule has 0 aliphatic heterocycles. The summed E-state index contributed by atoms with van der Waals surface area (Å²) >= 11 is 1.36. The summed E-state index contributed by atoms with van der Waals surface area (Å²) in [4.78, 5) is 36.9. The highest BCUT2D eigenvalue weighted by Crippen LogP contribution is 2.18. The fraction of sp³-hybridized carbons (Fsp3) is 0.333. The minimum atomic E-state index is -0.678. The lowest BCUT2D eigenvalue weighted by molar-refractivity contribution is -0.384. The summed E-state index contributed by atoms with van der Waals surface area (Å²) < 4.78 is 13.2. The molecular weight excluding hydrogens is 409 g/mol. The summed E-state index contributed by atoms with van der Waals surface area (Å²) in [6.07, 6.45) is 0. The number of carbonyl (C=O) groups excluding carboxylic acids is 2. The molecule has 0 aromatic heterocycles. The monoisotopic (exact) mass is 433 g/mol. The first-order chi connectivity index (χ1) is 14.3. The predicted molar refractivity (Wildman–Crippen MR) is 114 cm³/mol. The maximum atomic E-state index is 13.2. The van der Waals surface area contributed by atoms with Crippen molar-refractivity contribution in [3.05, 3.63) is 75.6 Å². The topological polar surface area (TPSA) is 92.6 Å². The maximum Gasteiger partial charge on any atom is 0.269 e. The molecule has 30 heavy (non-hydrogen) atoms. The van der Waals surface area contributed by atoms with E-state index in [4.69, 9.17) is 0 Å². The first kappa shape index (κ1) is 23.3. The molecule has 0 saturated carbocycles. The molecule has 9 heteroatoms. The zero-order valence-electron chi connectivity index (χ0n) is 16.8. The number of nitro benzene ring substituents is 1. The number of halogens is 1. The molecule has 0 unspecified atom stereocenters. The van der Waals surface area contributed by atoms with Gasteiger partial charge in [-0.05, 0) is 37.1 Å². The molecule has 0 fully saturated rings. The van der Waals surface area contributed by atoms with Gasteiger partial charge in [-0.1, -0.05) is 24.3 Å². The zero-order chi connectivity index (χ0) is 22.1. The van der Waals surface area contributed by atoms with E-state index in [-0.39, 0.29) is 35.6 Å². The van der Waals surface area contributed by atoms with Gasteiger partial charge in [0.05, 0.1) is 10.7 Å². The van der Waals surface area contributed by atoms with E-state index in [9.17, 15) is 24.1 Å². The number of nitrogens with zero attached hydrogens (tertiary/aromatic N) is 2. The van der Waals surface area contributed by atoms with Gasteiger partial charge in [0.1, 0.15) is 11.9 Å². The van der Waals surface area contributed by atoms with Gasteiger partial charge in [0, 0.05) is 31.0 Å². The molecule has 0 spiro atoms. The standard InChI is InChI=1S/C21H24FN3O4S/c1-3-23-21(27)15(2)24(12-16-4-8-18(22)9-5-16)20(26)14-30-13-17-6-10-19(11-7-17)25(28)29/h4-11,15H,3,12-14H2,1-2H3,(H,23,27)/t15-/m0/s1. The molecule has 0 heterocycles. The molecule has 2 amide bonds. The number of likely N-dealkylation sites (N-methyl/N-ethyl adjacent to an activating group) is 1. The molecule has 0 aliphatic rings. The van der Waals surface area contributed by atoms with Crippen LogP contribution in [0.4, 0.5) is 10.1 Å². The van der Waals surface area contributed by atoms with Crippen LogP contribution in [0.3, 0.4) is 0 Å². The maximum absolute atomic E-state index is 13.2. The van der Waals surface area contributed by atoms with Gasteiger partial charge in [0.15, 0.2) is 0 Å². The highest BCUT2D eigenvalue weighted by Gasteiger charge is 2.25. The summed E-state index contributed by atoms with van der Waals surface area (Å²) in [7, 11) is 0. The lowest BCUT2D eigenvalue weighted by Gasteiger charge is -2.28. The van der Waals surface area contributed by atoms with Crippen LogP contribution < -0.4 is 5.32 Å².